The van der Waals surface area contributed by atoms with Gasteiger partial charge < -0.3 is 28.5 Å². The van der Waals surface area contributed by atoms with Gasteiger partial charge in [-0.15, -0.1) is 0 Å². The van der Waals surface area contributed by atoms with Crippen LogP contribution < -0.4 is 19.6 Å². The lowest BCUT2D eigenvalue weighted by Gasteiger charge is -2.16. The number of benzene rings is 2. The Morgan fingerprint density at radius 2 is 2.00 bits per heavy atom. The fourth-order valence-electron chi connectivity index (χ4n) is 2.94. The maximum atomic E-state index is 12.6. The molecule has 8 heteroatoms. The third-order valence-corrected chi connectivity index (χ3v) is 4.28. The lowest BCUT2D eigenvalue weighted by Crippen LogP contribution is -2.22. The lowest BCUT2D eigenvalue weighted by atomic mass is 10.1. The molecule has 8 nitrogen and oxygen atoms in total. The first-order valence-electron chi connectivity index (χ1n) is 9.47. The number of carbonyl (C=O) groups excluding carboxylic acids is 1. The number of aromatic hydroxyl groups is 1. The quantitative estimate of drug-likeness (QED) is 0.297. The zero-order valence-electron chi connectivity index (χ0n) is 17.1. The van der Waals surface area contributed by atoms with E-state index in [2.05, 4.69) is 6.58 Å². The Bertz CT molecular complexity index is 1150. The summed E-state index contributed by atoms with van der Waals surface area (Å²) in [5.74, 6) is 0.912. The molecule has 0 radical (unpaired) electrons. The van der Waals surface area contributed by atoms with Crippen molar-refractivity contribution in [3.63, 3.8) is 0 Å². The summed E-state index contributed by atoms with van der Waals surface area (Å²) in [6, 6.07) is 8.97. The van der Waals surface area contributed by atoms with Crippen molar-refractivity contribution in [1.82, 2.24) is 0 Å². The first-order valence-corrected chi connectivity index (χ1v) is 9.47. The molecule has 0 saturated heterocycles. The van der Waals surface area contributed by atoms with Gasteiger partial charge in [0.25, 0.3) is 6.29 Å². The molecular formula is C23H22O8. The number of phenolic OH excluding ortho intramolecular Hbond substituents is 1. The number of hydrogen-bond donors (Lipinski definition) is 1. The molecule has 1 unspecified atom stereocenters. The number of ether oxygens (including phenoxy) is 4. The number of aldehydes is 1. The van der Waals surface area contributed by atoms with Gasteiger partial charge in [0.05, 0.1) is 7.11 Å². The smallest absolute Gasteiger partial charge is 0.257 e. The van der Waals surface area contributed by atoms with Crippen molar-refractivity contribution in [2.24, 2.45) is 0 Å². The molecule has 0 saturated carbocycles. The summed E-state index contributed by atoms with van der Waals surface area (Å²) in [7, 11) is 1.46. The number of fused-ring (bicyclic) bond motifs is 1. The van der Waals surface area contributed by atoms with Crippen LogP contribution in [0.15, 0.2) is 58.3 Å². The van der Waals surface area contributed by atoms with Crippen molar-refractivity contribution in [2.75, 3.05) is 20.3 Å². The minimum Gasteiger partial charge on any atom is -0.507 e. The summed E-state index contributed by atoms with van der Waals surface area (Å²) in [5, 5.41) is 10.3. The van der Waals surface area contributed by atoms with Crippen LogP contribution in [0, 0.1) is 0 Å². The minimum absolute atomic E-state index is 0.0389. The fraction of sp³-hybridized carbons (Fsp3) is 0.217. The summed E-state index contributed by atoms with van der Waals surface area (Å²) in [5.41, 5.74) is 0.218. The van der Waals surface area contributed by atoms with E-state index in [1.54, 1.807) is 31.2 Å². The molecule has 0 bridgehead atoms. The van der Waals surface area contributed by atoms with Crippen LogP contribution in [0.2, 0.25) is 0 Å². The molecule has 162 valence electrons. The third-order valence-electron chi connectivity index (χ3n) is 4.28. The van der Waals surface area contributed by atoms with E-state index in [-0.39, 0.29) is 41.4 Å². The molecule has 31 heavy (non-hydrogen) atoms. The van der Waals surface area contributed by atoms with Crippen molar-refractivity contribution in [2.45, 2.75) is 13.2 Å². The number of phenols is 1. The Hall–Kier alpha value is -3.78. The normalized spacial score (nSPS) is 11.7. The van der Waals surface area contributed by atoms with Crippen molar-refractivity contribution >= 4 is 17.3 Å². The summed E-state index contributed by atoms with van der Waals surface area (Å²) < 4.78 is 27.4. The van der Waals surface area contributed by atoms with Crippen LogP contribution in [0.5, 0.6) is 23.0 Å². The van der Waals surface area contributed by atoms with E-state index in [1.165, 1.54) is 25.3 Å². The number of hydrogen-bond acceptors (Lipinski definition) is 8. The topological polar surface area (TPSA) is 104 Å². The summed E-state index contributed by atoms with van der Waals surface area (Å²) >= 11 is 0. The molecule has 0 aliphatic heterocycles. The molecule has 0 fully saturated rings. The predicted octanol–water partition coefficient (Wildman–Crippen LogP) is 3.68. The molecular weight excluding hydrogens is 404 g/mol. The van der Waals surface area contributed by atoms with Crippen LogP contribution in [0.3, 0.4) is 0 Å². The van der Waals surface area contributed by atoms with Gasteiger partial charge in [0.2, 0.25) is 0 Å². The maximum Gasteiger partial charge on any atom is 0.257 e. The monoisotopic (exact) mass is 426 g/mol. The van der Waals surface area contributed by atoms with E-state index in [0.29, 0.717) is 23.3 Å². The second-order valence-electron chi connectivity index (χ2n) is 6.33. The summed E-state index contributed by atoms with van der Waals surface area (Å²) in [4.78, 5) is 23.8. The van der Waals surface area contributed by atoms with Gasteiger partial charge >= 0.3 is 0 Å². The molecule has 3 aromatic rings. The highest BCUT2D eigenvalue weighted by molar-refractivity contribution is 5.86. The van der Waals surface area contributed by atoms with Crippen molar-refractivity contribution in [3.05, 3.63) is 59.3 Å². The molecule has 1 heterocycles. The highest BCUT2D eigenvalue weighted by Crippen LogP contribution is 2.35. The van der Waals surface area contributed by atoms with E-state index < -0.39 is 11.7 Å². The van der Waals surface area contributed by atoms with Crippen molar-refractivity contribution in [3.8, 4) is 34.3 Å². The fourth-order valence-corrected chi connectivity index (χ4v) is 2.94. The Morgan fingerprint density at radius 3 is 2.68 bits per heavy atom. The zero-order valence-corrected chi connectivity index (χ0v) is 17.1. The van der Waals surface area contributed by atoms with Crippen LogP contribution in [0.1, 0.15) is 6.92 Å². The summed E-state index contributed by atoms with van der Waals surface area (Å²) in [6.07, 6.45) is 0.972. The van der Waals surface area contributed by atoms with Crippen LogP contribution in [0.4, 0.5) is 0 Å². The molecule has 2 aromatic carbocycles. The van der Waals surface area contributed by atoms with Gasteiger partial charge in [-0.05, 0) is 25.1 Å². The first kappa shape index (κ1) is 21.9. The van der Waals surface area contributed by atoms with E-state index >= 15 is 0 Å². The highest BCUT2D eigenvalue weighted by Gasteiger charge is 2.17. The van der Waals surface area contributed by atoms with E-state index in [1.807, 2.05) is 0 Å². The standard InChI is InChI=1S/C23H22O8/c1-4-8-29-15-10-16(25)23-17(26)12-19(30-21(23)11-15)14-6-7-18(27-3)20(9-14)31-22(13-24)28-5-2/h4,6-7,9-13,22,25H,1,5,8H2,2-3H3. The average molecular weight is 426 g/mol. The SMILES string of the molecule is C=CCOc1cc(O)c2c(=O)cc(-c3ccc(OC)c(OC(C=O)OCC)c3)oc2c1. The third kappa shape index (κ3) is 4.87. The van der Waals surface area contributed by atoms with Crippen molar-refractivity contribution < 1.29 is 33.3 Å². The number of carbonyl (C=O) groups is 1. The molecule has 0 amide bonds. The Kier molecular flexibility index (Phi) is 6.94. The predicted molar refractivity (Wildman–Crippen MR) is 114 cm³/mol. The van der Waals surface area contributed by atoms with Gasteiger partial charge in [0, 0.05) is 30.4 Å². The molecule has 1 atom stereocenters. The van der Waals surface area contributed by atoms with Crippen LogP contribution in [0.25, 0.3) is 22.3 Å². The molecule has 1 aromatic heterocycles. The first-order chi connectivity index (χ1) is 15.0. The lowest BCUT2D eigenvalue weighted by molar-refractivity contribution is -0.136. The molecule has 0 aliphatic carbocycles. The number of methoxy groups -OCH3 is 1. The van der Waals surface area contributed by atoms with Crippen molar-refractivity contribution in [1.29, 1.82) is 0 Å². The molecule has 0 aliphatic rings. The highest BCUT2D eigenvalue weighted by atomic mass is 16.7. The van der Waals surface area contributed by atoms with Crippen LogP contribution in [-0.4, -0.2) is 38.0 Å². The van der Waals surface area contributed by atoms with E-state index in [9.17, 15) is 14.7 Å². The summed E-state index contributed by atoms with van der Waals surface area (Å²) in [6.45, 7) is 5.82. The van der Waals surface area contributed by atoms with Gasteiger partial charge in [-0.3, -0.25) is 9.59 Å². The van der Waals surface area contributed by atoms with Crippen LogP contribution in [-0.2, 0) is 9.53 Å². The molecule has 0 spiro atoms. The average Bonchev–Trinajstić information content (AvgIpc) is 2.76. The maximum absolute atomic E-state index is 12.6. The van der Waals surface area contributed by atoms with Gasteiger partial charge in [-0.25, -0.2) is 0 Å². The second kappa shape index (κ2) is 9.82. The van der Waals surface area contributed by atoms with Gasteiger partial charge in [0.1, 0.15) is 34.8 Å². The van der Waals surface area contributed by atoms with Gasteiger partial charge in [-0.2, -0.15) is 0 Å². The Balaban J connectivity index is 2.07. The van der Waals surface area contributed by atoms with E-state index in [4.69, 9.17) is 23.4 Å². The second-order valence-corrected chi connectivity index (χ2v) is 6.33. The van der Waals surface area contributed by atoms with E-state index in [0.717, 1.165) is 0 Å². The van der Waals surface area contributed by atoms with Crippen LogP contribution >= 0.6 is 0 Å². The molecule has 1 N–H and O–H groups in total. The minimum atomic E-state index is -1.11. The van der Waals surface area contributed by atoms with Gasteiger partial charge in [-0.1, -0.05) is 12.7 Å². The zero-order chi connectivity index (χ0) is 22.4. The van der Waals surface area contributed by atoms with Gasteiger partial charge in [0.15, 0.2) is 23.2 Å². The number of rotatable bonds is 10. The Morgan fingerprint density at radius 1 is 1.19 bits per heavy atom. The molecule has 3 rings (SSSR count). The largest absolute Gasteiger partial charge is 0.507 e. The Labute approximate surface area is 178 Å².